The minimum absolute atomic E-state index is 0.0962. The van der Waals surface area contributed by atoms with Crippen LogP contribution in [0.5, 0.6) is 23.0 Å². The van der Waals surface area contributed by atoms with Crippen LogP contribution in [0.3, 0.4) is 0 Å². The fourth-order valence-electron chi connectivity index (χ4n) is 7.28. The summed E-state index contributed by atoms with van der Waals surface area (Å²) in [6.45, 7) is 11.4. The Kier molecular flexibility index (Phi) is 15.0. The summed E-state index contributed by atoms with van der Waals surface area (Å²) in [5.41, 5.74) is 12.2. The topological polar surface area (TPSA) is 74.3 Å². The molecule has 63 heavy (non-hydrogen) atoms. The fraction of sp³-hybridized carbons (Fsp3) is 0.179. The first-order chi connectivity index (χ1) is 30.4. The van der Waals surface area contributed by atoms with Gasteiger partial charge in [-0.15, -0.1) is 0 Å². The molecule has 0 N–H and O–H groups in total. The SMILES string of the molecule is CCC(C)(c1ccc(OC)cc1)c1ccc(OC(C)=O)cc1.COc1ccc(C(=Cc2ccc(N(c3ccc(C)cc3)c3ccc(C)cc3)cc2)c2ccc(OC(C)=O)cc2)cc1. The monoisotopic (exact) mass is 837 g/mol. The zero-order valence-corrected chi connectivity index (χ0v) is 37.3. The largest absolute Gasteiger partial charge is 0.497 e. The summed E-state index contributed by atoms with van der Waals surface area (Å²) in [7, 11) is 3.33. The zero-order valence-electron chi connectivity index (χ0n) is 37.3. The highest BCUT2D eigenvalue weighted by Crippen LogP contribution is 2.38. The van der Waals surface area contributed by atoms with Gasteiger partial charge in [0, 0.05) is 36.3 Å². The minimum Gasteiger partial charge on any atom is -0.497 e. The number of methoxy groups -OCH3 is 2. The number of benzene rings is 7. The van der Waals surface area contributed by atoms with Gasteiger partial charge in [0.05, 0.1) is 14.2 Å². The third-order valence-corrected chi connectivity index (χ3v) is 11.1. The van der Waals surface area contributed by atoms with Crippen molar-refractivity contribution in [3.63, 3.8) is 0 Å². The van der Waals surface area contributed by atoms with Crippen molar-refractivity contribution in [2.75, 3.05) is 19.1 Å². The molecular formula is C56H55NO6. The standard InChI is InChI=1S/C37H33NO3.C19H22O3/c1-26-5-15-32(16-6-26)38(33-17-7-27(2)8-18-33)34-19-9-29(10-20-34)25-37(30-11-21-35(40-4)22-12-30)31-13-23-36(24-14-31)41-28(3)39;1-5-19(3,15-6-10-17(21-4)11-7-15)16-8-12-18(13-9-16)22-14(2)20/h5-25H,1-4H3;6-13H,5H2,1-4H3. The van der Waals surface area contributed by atoms with Gasteiger partial charge >= 0.3 is 11.9 Å². The van der Waals surface area contributed by atoms with Crippen molar-refractivity contribution in [3.8, 4) is 23.0 Å². The van der Waals surface area contributed by atoms with Crippen molar-refractivity contribution in [1.29, 1.82) is 0 Å². The lowest BCUT2D eigenvalue weighted by Crippen LogP contribution is -2.22. The maximum absolute atomic E-state index is 11.4. The predicted molar refractivity (Wildman–Crippen MR) is 256 cm³/mol. The van der Waals surface area contributed by atoms with Gasteiger partial charge in [-0.3, -0.25) is 9.59 Å². The normalized spacial score (nSPS) is 11.9. The van der Waals surface area contributed by atoms with E-state index in [2.05, 4.69) is 136 Å². The minimum atomic E-state index is -0.339. The van der Waals surface area contributed by atoms with Gasteiger partial charge in [-0.05, 0) is 145 Å². The van der Waals surface area contributed by atoms with Crippen molar-refractivity contribution in [3.05, 3.63) is 209 Å². The lowest BCUT2D eigenvalue weighted by molar-refractivity contribution is -0.132. The van der Waals surface area contributed by atoms with E-state index in [0.717, 1.165) is 57.2 Å². The van der Waals surface area contributed by atoms with Crippen LogP contribution in [-0.2, 0) is 15.0 Å². The zero-order chi connectivity index (χ0) is 44.9. The Hall–Kier alpha value is -7.38. The second-order valence-electron chi connectivity index (χ2n) is 15.5. The van der Waals surface area contributed by atoms with E-state index in [-0.39, 0.29) is 17.4 Å². The summed E-state index contributed by atoms with van der Waals surface area (Å²) in [6, 6.07) is 57.3. The molecule has 320 valence electrons. The number of rotatable bonds is 13. The van der Waals surface area contributed by atoms with E-state index < -0.39 is 0 Å². The first-order valence-corrected chi connectivity index (χ1v) is 21.0. The highest BCUT2D eigenvalue weighted by molar-refractivity contribution is 5.92. The fourth-order valence-corrected chi connectivity index (χ4v) is 7.28. The van der Waals surface area contributed by atoms with Crippen LogP contribution >= 0.6 is 0 Å². The summed E-state index contributed by atoms with van der Waals surface area (Å²) < 4.78 is 20.9. The second-order valence-corrected chi connectivity index (χ2v) is 15.5. The van der Waals surface area contributed by atoms with Gasteiger partial charge in [-0.2, -0.15) is 0 Å². The summed E-state index contributed by atoms with van der Waals surface area (Å²) in [5, 5.41) is 0. The third-order valence-electron chi connectivity index (χ3n) is 11.1. The molecule has 7 rings (SSSR count). The van der Waals surface area contributed by atoms with Crippen molar-refractivity contribution in [2.24, 2.45) is 0 Å². The lowest BCUT2D eigenvalue weighted by Gasteiger charge is -2.30. The van der Waals surface area contributed by atoms with E-state index in [1.165, 1.54) is 36.1 Å². The number of carbonyl (C=O) groups is 2. The highest BCUT2D eigenvalue weighted by Gasteiger charge is 2.27. The molecule has 1 atom stereocenters. The molecule has 0 amide bonds. The second kappa shape index (κ2) is 20.9. The molecule has 7 aromatic rings. The summed E-state index contributed by atoms with van der Waals surface area (Å²) >= 11 is 0. The van der Waals surface area contributed by atoms with Crippen molar-refractivity contribution in [2.45, 2.75) is 53.4 Å². The predicted octanol–water partition coefficient (Wildman–Crippen LogP) is 13.6. The molecule has 0 fully saturated rings. The van der Waals surface area contributed by atoms with E-state index >= 15 is 0 Å². The van der Waals surface area contributed by atoms with Gasteiger partial charge in [0.25, 0.3) is 0 Å². The van der Waals surface area contributed by atoms with Crippen LogP contribution in [0.15, 0.2) is 170 Å². The Balaban J connectivity index is 0.000000253. The number of esters is 2. The van der Waals surface area contributed by atoms with Crippen LogP contribution in [0, 0.1) is 13.8 Å². The van der Waals surface area contributed by atoms with E-state index in [9.17, 15) is 9.59 Å². The van der Waals surface area contributed by atoms with Gasteiger partial charge in [0.2, 0.25) is 0 Å². The van der Waals surface area contributed by atoms with Crippen LogP contribution in [0.1, 0.15) is 73.1 Å². The Labute approximate surface area is 372 Å². The number of ether oxygens (including phenoxy) is 4. The van der Waals surface area contributed by atoms with Crippen LogP contribution in [0.2, 0.25) is 0 Å². The van der Waals surface area contributed by atoms with Crippen LogP contribution < -0.4 is 23.8 Å². The Bertz CT molecular complexity index is 2550. The number of nitrogens with zero attached hydrogens (tertiary/aromatic N) is 1. The maximum atomic E-state index is 11.4. The molecule has 0 aromatic heterocycles. The molecule has 0 saturated heterocycles. The van der Waals surface area contributed by atoms with Crippen molar-refractivity contribution >= 4 is 40.6 Å². The van der Waals surface area contributed by atoms with E-state index in [1.807, 2.05) is 72.8 Å². The molecule has 1 unspecified atom stereocenters. The molecule has 0 aliphatic rings. The Morgan fingerprint density at radius 3 is 1.17 bits per heavy atom. The lowest BCUT2D eigenvalue weighted by atomic mass is 9.74. The van der Waals surface area contributed by atoms with Crippen molar-refractivity contribution < 1.29 is 28.5 Å². The molecule has 0 heterocycles. The van der Waals surface area contributed by atoms with Crippen molar-refractivity contribution in [1.82, 2.24) is 0 Å². The summed E-state index contributed by atoms with van der Waals surface area (Å²) in [6.07, 6.45) is 3.14. The molecular weight excluding hydrogens is 783 g/mol. The molecule has 0 saturated carbocycles. The van der Waals surface area contributed by atoms with E-state index in [1.54, 1.807) is 14.2 Å². The maximum Gasteiger partial charge on any atom is 0.308 e. The van der Waals surface area contributed by atoms with Gasteiger partial charge in [0.1, 0.15) is 23.0 Å². The average molecular weight is 838 g/mol. The first-order valence-electron chi connectivity index (χ1n) is 21.0. The number of aryl methyl sites for hydroxylation is 2. The number of hydrogen-bond acceptors (Lipinski definition) is 7. The number of carbonyl (C=O) groups excluding carboxylic acids is 2. The molecule has 0 aliphatic carbocycles. The molecule has 7 aromatic carbocycles. The molecule has 0 bridgehead atoms. The average Bonchev–Trinajstić information content (AvgIpc) is 3.30. The Morgan fingerprint density at radius 1 is 0.492 bits per heavy atom. The quantitative estimate of drug-likeness (QED) is 0.0650. The molecule has 0 spiro atoms. The van der Waals surface area contributed by atoms with Gasteiger partial charge < -0.3 is 23.8 Å². The summed E-state index contributed by atoms with van der Waals surface area (Å²) in [5.74, 6) is 2.11. The number of anilines is 3. The highest BCUT2D eigenvalue weighted by atomic mass is 16.5. The first kappa shape index (κ1) is 45.2. The summed E-state index contributed by atoms with van der Waals surface area (Å²) in [4.78, 5) is 24.7. The van der Waals surface area contributed by atoms with Gasteiger partial charge in [-0.1, -0.05) is 110 Å². The molecule has 7 heteroatoms. The molecule has 7 nitrogen and oxygen atoms in total. The van der Waals surface area contributed by atoms with Crippen LogP contribution in [-0.4, -0.2) is 26.2 Å². The van der Waals surface area contributed by atoms with Gasteiger partial charge in [-0.25, -0.2) is 0 Å². The van der Waals surface area contributed by atoms with Crippen LogP contribution in [0.4, 0.5) is 17.1 Å². The van der Waals surface area contributed by atoms with E-state index in [4.69, 9.17) is 18.9 Å². The number of hydrogen-bond donors (Lipinski definition) is 0. The third kappa shape index (κ3) is 11.7. The molecule has 0 radical (unpaired) electrons. The smallest absolute Gasteiger partial charge is 0.308 e. The van der Waals surface area contributed by atoms with Gasteiger partial charge in [0.15, 0.2) is 0 Å². The Morgan fingerprint density at radius 2 is 0.825 bits per heavy atom. The van der Waals surface area contributed by atoms with Crippen LogP contribution in [0.25, 0.3) is 11.6 Å². The van der Waals surface area contributed by atoms with E-state index in [0.29, 0.717) is 11.5 Å². The molecule has 0 aliphatic heterocycles.